The summed E-state index contributed by atoms with van der Waals surface area (Å²) in [4.78, 5) is 39.0. The molecule has 6 nitrogen and oxygen atoms in total. The topological polar surface area (TPSA) is 89.9 Å². The highest BCUT2D eigenvalue weighted by Gasteiger charge is 2.81. The van der Waals surface area contributed by atoms with E-state index in [1.165, 1.54) is 6.92 Å². The van der Waals surface area contributed by atoms with Crippen LogP contribution in [0.5, 0.6) is 0 Å². The molecule has 12 atom stereocenters. The van der Waals surface area contributed by atoms with Crippen LogP contribution in [0.4, 0.5) is 0 Å². The molecule has 4 fully saturated rings. The number of carbonyl (C=O) groups is 3. The van der Waals surface area contributed by atoms with E-state index in [4.69, 9.17) is 9.16 Å². The Labute approximate surface area is 273 Å². The van der Waals surface area contributed by atoms with Gasteiger partial charge in [-0.2, -0.15) is 0 Å². The number of ketones is 2. The lowest BCUT2D eigenvalue weighted by atomic mass is 9.43. The van der Waals surface area contributed by atoms with Gasteiger partial charge >= 0.3 is 5.97 Å². The number of aliphatic hydroxyl groups excluding tert-OH is 1. The van der Waals surface area contributed by atoms with E-state index < -0.39 is 20.3 Å². The maximum atomic E-state index is 13.8. The van der Waals surface area contributed by atoms with E-state index >= 15 is 0 Å². The van der Waals surface area contributed by atoms with Crippen LogP contribution in [0.15, 0.2) is 24.3 Å². The number of allylic oxidation sites excluding steroid dienone is 2. The summed E-state index contributed by atoms with van der Waals surface area (Å²) in [7, 11) is -2.00. The van der Waals surface area contributed by atoms with Crippen LogP contribution in [0.2, 0.25) is 18.1 Å². The normalized spacial score (nSPS) is 42.4. The van der Waals surface area contributed by atoms with Crippen LogP contribution >= 0.6 is 0 Å². The lowest BCUT2D eigenvalue weighted by Crippen LogP contribution is -2.56. The number of ether oxygens (including phenoxy) is 1. The molecule has 0 saturated heterocycles. The first kappa shape index (κ1) is 34.8. The van der Waals surface area contributed by atoms with Crippen molar-refractivity contribution in [1.29, 1.82) is 0 Å². The largest absolute Gasteiger partial charge is 0.462 e. The predicted molar refractivity (Wildman–Crippen MR) is 180 cm³/mol. The Morgan fingerprint density at radius 2 is 1.78 bits per heavy atom. The number of carbonyl (C=O) groups excluding carboxylic acids is 3. The highest BCUT2D eigenvalue weighted by atomic mass is 28.4. The number of rotatable bonds is 9. The molecule has 3 unspecified atom stereocenters. The highest BCUT2D eigenvalue weighted by Crippen LogP contribution is 2.87. The van der Waals surface area contributed by atoms with Crippen LogP contribution < -0.4 is 0 Å². The average Bonchev–Trinajstić information content (AvgIpc) is 3.55. The quantitative estimate of drug-likeness (QED) is 0.158. The van der Waals surface area contributed by atoms with Crippen LogP contribution in [-0.4, -0.2) is 49.8 Å². The summed E-state index contributed by atoms with van der Waals surface area (Å²) < 4.78 is 12.5. The summed E-state index contributed by atoms with van der Waals surface area (Å²) in [5.41, 5.74) is 0.331. The number of hydrogen-bond donors (Lipinski definition) is 1. The summed E-state index contributed by atoms with van der Waals surface area (Å²) in [5.74, 6) is -0.233. The standard InChI is InChI=1S/C38H60O6Si/c1-22(20-43-45(11,12)34(6,7)8)23(2)32(41)33(42)25(4)31-29(44-26(5)39)19-36(10)30-14-13-27-24(3)28(40)15-16-37(27)21-38(30,37)18-17-35(31,36)9/h15-16,22,24-25,27,29-31,33,42H,2,13-14,17-21H2,1,3-12H3/t22-,24-,25?,27-,29-,30-,31-,33+,35+,36-,37?,38?/m0/s1. The lowest BCUT2D eigenvalue weighted by molar-refractivity contribution is -0.154. The molecule has 0 radical (unpaired) electrons. The van der Waals surface area contributed by atoms with Gasteiger partial charge in [0.15, 0.2) is 19.9 Å². The molecule has 1 N–H and O–H groups in total. The molecule has 0 heterocycles. The predicted octanol–water partition coefficient (Wildman–Crippen LogP) is 7.70. The fraction of sp³-hybridized carbons (Fsp3) is 0.816. The van der Waals surface area contributed by atoms with Crippen molar-refractivity contribution >= 4 is 25.9 Å². The maximum Gasteiger partial charge on any atom is 0.302 e. The second-order valence-electron chi connectivity index (χ2n) is 18.0. The fourth-order valence-electron chi connectivity index (χ4n) is 11.2. The number of esters is 1. The van der Waals surface area contributed by atoms with Crippen LogP contribution in [0, 0.1) is 57.2 Å². The zero-order chi connectivity index (χ0) is 33.7. The van der Waals surface area contributed by atoms with Crippen LogP contribution in [0.3, 0.4) is 0 Å². The molecular weight excluding hydrogens is 580 g/mol. The van der Waals surface area contributed by atoms with Crippen LogP contribution in [-0.2, 0) is 23.5 Å². The average molecular weight is 641 g/mol. The Hall–Kier alpha value is -1.57. The monoisotopic (exact) mass is 640 g/mol. The molecule has 4 saturated carbocycles. The molecule has 2 spiro atoms. The van der Waals surface area contributed by atoms with E-state index in [9.17, 15) is 19.5 Å². The van der Waals surface area contributed by atoms with E-state index in [2.05, 4.69) is 67.3 Å². The first-order valence-corrected chi connectivity index (χ1v) is 20.5. The van der Waals surface area contributed by atoms with E-state index in [1.807, 2.05) is 19.9 Å². The van der Waals surface area contributed by atoms with E-state index in [0.717, 1.165) is 38.5 Å². The van der Waals surface area contributed by atoms with E-state index in [1.54, 1.807) is 0 Å². The Bertz CT molecular complexity index is 1300. The fourth-order valence-corrected chi connectivity index (χ4v) is 12.3. The van der Waals surface area contributed by atoms with Gasteiger partial charge in [-0.3, -0.25) is 14.4 Å². The van der Waals surface area contributed by atoms with Gasteiger partial charge in [-0.05, 0) is 108 Å². The van der Waals surface area contributed by atoms with Crippen molar-refractivity contribution in [2.75, 3.05) is 6.61 Å². The van der Waals surface area contributed by atoms with Gasteiger partial charge in [0.1, 0.15) is 12.2 Å². The summed E-state index contributed by atoms with van der Waals surface area (Å²) in [6.07, 6.45) is 8.56. The second-order valence-corrected chi connectivity index (χ2v) is 22.8. The molecule has 0 aliphatic heterocycles. The van der Waals surface area contributed by atoms with Gasteiger partial charge in [0.2, 0.25) is 0 Å². The van der Waals surface area contributed by atoms with Gasteiger partial charge in [0.05, 0.1) is 0 Å². The summed E-state index contributed by atoms with van der Waals surface area (Å²) in [6, 6.07) is 0. The van der Waals surface area contributed by atoms with Crippen molar-refractivity contribution in [3.63, 3.8) is 0 Å². The third-order valence-corrected chi connectivity index (χ3v) is 19.6. The summed E-state index contributed by atoms with van der Waals surface area (Å²) >= 11 is 0. The number of Topliss-reactive ketones (excluding diaryl/α,β-unsaturated/α-hetero) is 1. The minimum atomic E-state index is -2.00. The number of fused-ring (bicyclic) bond motifs is 2. The van der Waals surface area contributed by atoms with Gasteiger partial charge < -0.3 is 14.3 Å². The van der Waals surface area contributed by atoms with Gasteiger partial charge in [0, 0.05) is 31.3 Å². The van der Waals surface area contributed by atoms with Crippen molar-refractivity contribution < 1.29 is 28.7 Å². The zero-order valence-electron chi connectivity index (χ0n) is 29.9. The van der Waals surface area contributed by atoms with E-state index in [-0.39, 0.29) is 68.1 Å². The molecular formula is C38H60O6Si. The molecule has 5 rings (SSSR count). The SMILES string of the molecule is C=C(C(=O)[C@H](O)C(C)[C@H]1[C@@H](OC(C)=O)C[C@@]2(C)[C@@H]3CC[C@H]4[C@H](C)C(=O)C=CC45CC35CC[C@]12C)[C@@H](C)CO[Si](C)(C)C(C)(C)C. The maximum absolute atomic E-state index is 13.8. The molecule has 5 aliphatic rings. The molecule has 5 aliphatic carbocycles. The van der Waals surface area contributed by atoms with Gasteiger partial charge in [-0.25, -0.2) is 0 Å². The third kappa shape index (κ3) is 4.94. The first-order valence-electron chi connectivity index (χ1n) is 17.6. The smallest absolute Gasteiger partial charge is 0.302 e. The molecule has 45 heavy (non-hydrogen) atoms. The Morgan fingerprint density at radius 1 is 1.13 bits per heavy atom. The van der Waals surface area contributed by atoms with Gasteiger partial charge in [-0.1, -0.05) is 68.0 Å². The minimum absolute atomic E-state index is 0.0588. The van der Waals surface area contributed by atoms with Crippen molar-refractivity contribution in [3.05, 3.63) is 24.3 Å². The van der Waals surface area contributed by atoms with Crippen LogP contribution in [0.25, 0.3) is 0 Å². The Morgan fingerprint density at radius 3 is 2.38 bits per heavy atom. The van der Waals surface area contributed by atoms with E-state index in [0.29, 0.717) is 24.0 Å². The van der Waals surface area contributed by atoms with Gasteiger partial charge in [-0.15, -0.1) is 0 Å². The Kier molecular flexibility index (Phi) is 8.48. The molecule has 0 amide bonds. The Balaban J connectivity index is 1.39. The van der Waals surface area contributed by atoms with Crippen molar-refractivity contribution in [1.82, 2.24) is 0 Å². The van der Waals surface area contributed by atoms with Crippen molar-refractivity contribution in [2.45, 2.75) is 131 Å². The highest BCUT2D eigenvalue weighted by molar-refractivity contribution is 6.74. The number of aliphatic hydroxyl groups is 1. The zero-order valence-corrected chi connectivity index (χ0v) is 30.9. The summed E-state index contributed by atoms with van der Waals surface area (Å²) in [5, 5.41) is 11.8. The second kappa shape index (κ2) is 11.0. The molecule has 0 aromatic rings. The third-order valence-electron chi connectivity index (χ3n) is 15.1. The first-order chi connectivity index (χ1) is 20.6. The van der Waals surface area contributed by atoms with Crippen molar-refractivity contribution in [3.8, 4) is 0 Å². The molecule has 7 heteroatoms. The van der Waals surface area contributed by atoms with Crippen LogP contribution in [0.1, 0.15) is 101 Å². The molecule has 252 valence electrons. The molecule has 0 aromatic heterocycles. The number of hydrogen-bond acceptors (Lipinski definition) is 6. The van der Waals surface area contributed by atoms with Gasteiger partial charge in [0.25, 0.3) is 0 Å². The minimum Gasteiger partial charge on any atom is -0.462 e. The lowest BCUT2D eigenvalue weighted by Gasteiger charge is -2.61. The summed E-state index contributed by atoms with van der Waals surface area (Å²) in [6.45, 7) is 27.8. The van der Waals surface area contributed by atoms with Crippen molar-refractivity contribution in [2.24, 2.45) is 57.2 Å². The molecule has 0 aromatic carbocycles. The molecule has 0 bridgehead atoms.